The van der Waals surface area contributed by atoms with Crippen LogP contribution in [0.5, 0.6) is 0 Å². The third kappa shape index (κ3) is 3.61. The van der Waals surface area contributed by atoms with Gasteiger partial charge in [-0.2, -0.15) is 10.2 Å². The number of nitrogens with one attached hydrogen (secondary N) is 1. The van der Waals surface area contributed by atoms with Crippen molar-refractivity contribution in [2.45, 2.75) is 44.4 Å². The highest BCUT2D eigenvalue weighted by Crippen LogP contribution is 2.39. The van der Waals surface area contributed by atoms with E-state index in [2.05, 4.69) is 37.3 Å². The summed E-state index contributed by atoms with van der Waals surface area (Å²) in [6.07, 6.45) is 4.68. The lowest BCUT2D eigenvalue weighted by atomic mass is 9.91. The Labute approximate surface area is 202 Å². The molecular formula is C25H27N7O3. The topological polar surface area (TPSA) is 122 Å². The van der Waals surface area contributed by atoms with Crippen LogP contribution in [0.2, 0.25) is 0 Å². The number of nitrogens with two attached hydrogens (primary N) is 1. The first-order valence-corrected chi connectivity index (χ1v) is 11.8. The van der Waals surface area contributed by atoms with Crippen LogP contribution in [0.3, 0.4) is 0 Å². The summed E-state index contributed by atoms with van der Waals surface area (Å²) in [6, 6.07) is 12.1. The molecule has 2 fully saturated rings. The molecular weight excluding hydrogens is 446 g/mol. The van der Waals surface area contributed by atoms with Crippen LogP contribution in [0.4, 0.5) is 10.6 Å². The predicted molar refractivity (Wildman–Crippen MR) is 130 cm³/mol. The summed E-state index contributed by atoms with van der Waals surface area (Å²) in [6.45, 7) is 5.25. The van der Waals surface area contributed by atoms with E-state index in [1.807, 2.05) is 48.8 Å². The minimum absolute atomic E-state index is 0.259. The molecule has 10 nitrogen and oxygen atoms in total. The van der Waals surface area contributed by atoms with E-state index in [0.717, 1.165) is 59.7 Å². The van der Waals surface area contributed by atoms with Gasteiger partial charge in [0.2, 0.25) is 0 Å². The minimum atomic E-state index is -0.662. The number of fused-ring (bicyclic) bond motifs is 1. The van der Waals surface area contributed by atoms with Gasteiger partial charge in [0.1, 0.15) is 17.4 Å². The van der Waals surface area contributed by atoms with E-state index >= 15 is 0 Å². The van der Waals surface area contributed by atoms with Crippen LogP contribution in [-0.4, -0.2) is 49.3 Å². The third-order valence-electron chi connectivity index (χ3n) is 6.89. The minimum Gasteiger partial charge on any atom is -0.441 e. The number of hydrogen-bond acceptors (Lipinski definition) is 7. The molecule has 0 saturated carbocycles. The lowest BCUT2D eigenvalue weighted by Gasteiger charge is -2.24. The molecule has 0 spiro atoms. The molecule has 1 aromatic carbocycles. The van der Waals surface area contributed by atoms with Gasteiger partial charge >= 0.3 is 6.09 Å². The highest BCUT2D eigenvalue weighted by atomic mass is 16.6. The first-order valence-electron chi connectivity index (χ1n) is 11.8. The van der Waals surface area contributed by atoms with Gasteiger partial charge in [-0.1, -0.05) is 18.2 Å². The molecule has 2 aliphatic heterocycles. The molecule has 0 bridgehead atoms. The fraction of sp³-hybridized carbons (Fsp3) is 0.360. The van der Waals surface area contributed by atoms with Gasteiger partial charge in [0.15, 0.2) is 5.82 Å². The predicted octanol–water partition coefficient (Wildman–Crippen LogP) is 3.75. The Hall–Kier alpha value is -3.92. The second-order valence-electron chi connectivity index (χ2n) is 9.55. The second-order valence-corrected chi connectivity index (χ2v) is 9.55. The Morgan fingerprint density at radius 1 is 1.11 bits per heavy atom. The number of hydrogen-bond donors (Lipinski definition) is 2. The van der Waals surface area contributed by atoms with Gasteiger partial charge < -0.3 is 20.5 Å². The zero-order valence-electron chi connectivity index (χ0n) is 19.6. The van der Waals surface area contributed by atoms with Crippen LogP contribution in [0.1, 0.15) is 44.3 Å². The number of carbonyl (C=O) groups excluding carboxylic acids is 1. The van der Waals surface area contributed by atoms with Gasteiger partial charge in [0, 0.05) is 30.5 Å². The Bertz CT molecular complexity index is 1420. The van der Waals surface area contributed by atoms with Crippen LogP contribution in [0.15, 0.2) is 48.9 Å². The second kappa shape index (κ2) is 8.09. The summed E-state index contributed by atoms with van der Waals surface area (Å²) in [5, 5.41) is 12.1. The first-order chi connectivity index (χ1) is 16.9. The van der Waals surface area contributed by atoms with Crippen LogP contribution in [-0.2, 0) is 9.47 Å². The normalized spacial score (nSPS) is 20.2. The fourth-order valence-corrected chi connectivity index (χ4v) is 5.20. The zero-order valence-corrected chi connectivity index (χ0v) is 19.6. The van der Waals surface area contributed by atoms with Gasteiger partial charge in [-0.3, -0.25) is 4.68 Å². The first kappa shape index (κ1) is 21.6. The standard InChI is InChI=1S/C25H27N7O3/c1-25(2)22(30-24(33)35-25)16-5-3-4-15(12-16)20-13-18(21-23(26)27-14-29-32(20)21)19-6-9-28-31(19)17-7-10-34-11-8-17/h3-6,9,12-14,17,22H,7-8,10-11H2,1-2H3,(H,30,33)(H2,26,27,29)/t22-/m1/s1. The number of benzene rings is 1. The lowest BCUT2D eigenvalue weighted by molar-refractivity contribution is 0.0667. The van der Waals surface area contributed by atoms with Crippen molar-refractivity contribution in [2.24, 2.45) is 0 Å². The number of cyclic esters (lactones) is 1. The zero-order chi connectivity index (χ0) is 24.2. The van der Waals surface area contributed by atoms with Crippen molar-refractivity contribution in [2.75, 3.05) is 18.9 Å². The van der Waals surface area contributed by atoms with E-state index in [4.69, 9.17) is 15.2 Å². The number of rotatable bonds is 4. The molecule has 3 N–H and O–H groups in total. The molecule has 35 heavy (non-hydrogen) atoms. The number of nitrogen functional groups attached to an aromatic ring is 1. The maximum atomic E-state index is 11.9. The number of amides is 1. The van der Waals surface area contributed by atoms with Crippen molar-refractivity contribution in [3.8, 4) is 22.5 Å². The molecule has 6 rings (SSSR count). The number of ether oxygens (including phenoxy) is 2. The summed E-state index contributed by atoms with van der Waals surface area (Å²) in [5.41, 5.74) is 11.1. The average Bonchev–Trinajstić information content (AvgIpc) is 3.55. The Kier molecular flexibility index (Phi) is 4.99. The molecule has 1 atom stereocenters. The van der Waals surface area contributed by atoms with E-state index in [-0.39, 0.29) is 12.1 Å². The molecule has 5 heterocycles. The number of anilines is 1. The highest BCUT2D eigenvalue weighted by Gasteiger charge is 2.42. The smallest absolute Gasteiger partial charge is 0.408 e. The molecule has 3 aromatic heterocycles. The number of alkyl carbamates (subject to hydrolysis) is 1. The Morgan fingerprint density at radius 2 is 1.94 bits per heavy atom. The maximum absolute atomic E-state index is 11.9. The van der Waals surface area contributed by atoms with E-state index in [0.29, 0.717) is 5.82 Å². The van der Waals surface area contributed by atoms with Crippen LogP contribution >= 0.6 is 0 Å². The van der Waals surface area contributed by atoms with Crippen molar-refractivity contribution in [1.82, 2.24) is 29.7 Å². The van der Waals surface area contributed by atoms with Crippen molar-refractivity contribution in [3.05, 3.63) is 54.5 Å². The van der Waals surface area contributed by atoms with Crippen LogP contribution in [0.25, 0.3) is 28.0 Å². The summed E-state index contributed by atoms with van der Waals surface area (Å²) in [5.74, 6) is 0.398. The van der Waals surface area contributed by atoms with Crippen LogP contribution in [0, 0.1) is 0 Å². The third-order valence-corrected chi connectivity index (χ3v) is 6.89. The maximum Gasteiger partial charge on any atom is 0.408 e. The van der Waals surface area contributed by atoms with Gasteiger partial charge in [-0.15, -0.1) is 0 Å². The molecule has 2 aliphatic rings. The SMILES string of the molecule is CC1(C)OC(=O)N[C@@H]1c1cccc(-c2cc(-c3ccnn3C3CCOCC3)c3c(N)ncnn23)c1. The summed E-state index contributed by atoms with van der Waals surface area (Å²) in [7, 11) is 0. The summed E-state index contributed by atoms with van der Waals surface area (Å²) in [4.78, 5) is 16.2. The molecule has 0 radical (unpaired) electrons. The van der Waals surface area contributed by atoms with Gasteiger partial charge in [-0.25, -0.2) is 14.3 Å². The Balaban J connectivity index is 1.48. The quantitative estimate of drug-likeness (QED) is 0.463. The highest BCUT2D eigenvalue weighted by molar-refractivity contribution is 5.91. The molecule has 4 aromatic rings. The molecule has 180 valence electrons. The number of aromatic nitrogens is 5. The van der Waals surface area contributed by atoms with E-state index < -0.39 is 11.7 Å². The van der Waals surface area contributed by atoms with Crippen LogP contribution < -0.4 is 11.1 Å². The lowest BCUT2D eigenvalue weighted by Crippen LogP contribution is -2.30. The molecule has 0 aliphatic carbocycles. The monoisotopic (exact) mass is 473 g/mol. The van der Waals surface area contributed by atoms with Crippen molar-refractivity contribution < 1.29 is 14.3 Å². The van der Waals surface area contributed by atoms with Gasteiger partial charge in [-0.05, 0) is 50.5 Å². The Morgan fingerprint density at radius 3 is 2.71 bits per heavy atom. The van der Waals surface area contributed by atoms with E-state index in [1.165, 1.54) is 6.33 Å². The van der Waals surface area contributed by atoms with E-state index in [9.17, 15) is 4.79 Å². The molecule has 0 unspecified atom stereocenters. The summed E-state index contributed by atoms with van der Waals surface area (Å²) >= 11 is 0. The van der Waals surface area contributed by atoms with Gasteiger partial charge in [0.25, 0.3) is 0 Å². The fourth-order valence-electron chi connectivity index (χ4n) is 5.20. The average molecular weight is 474 g/mol. The van der Waals surface area contributed by atoms with Crippen molar-refractivity contribution in [1.29, 1.82) is 0 Å². The molecule has 2 saturated heterocycles. The van der Waals surface area contributed by atoms with E-state index in [1.54, 1.807) is 0 Å². The van der Waals surface area contributed by atoms with Gasteiger partial charge in [0.05, 0.1) is 23.5 Å². The van der Waals surface area contributed by atoms with Crippen molar-refractivity contribution in [3.63, 3.8) is 0 Å². The largest absolute Gasteiger partial charge is 0.441 e. The van der Waals surface area contributed by atoms with Crippen molar-refractivity contribution >= 4 is 17.4 Å². The number of carbonyl (C=O) groups is 1. The number of nitrogens with zero attached hydrogens (tertiary/aromatic N) is 5. The summed E-state index contributed by atoms with van der Waals surface area (Å²) < 4.78 is 14.9. The molecule has 10 heteroatoms. The molecule has 1 amide bonds.